The second-order valence-corrected chi connectivity index (χ2v) is 3.08. The van der Waals surface area contributed by atoms with Crippen LogP contribution in [0.25, 0.3) is 0 Å². The zero-order chi connectivity index (χ0) is 11.3. The van der Waals surface area contributed by atoms with Crippen molar-refractivity contribution < 1.29 is 13.5 Å². The van der Waals surface area contributed by atoms with Crippen molar-refractivity contribution in [2.45, 2.75) is 13.5 Å². The molecule has 0 aromatic heterocycles. The van der Waals surface area contributed by atoms with E-state index in [2.05, 4.69) is 16.6 Å². The Morgan fingerprint density at radius 1 is 1.47 bits per heavy atom. The molecule has 0 aliphatic heterocycles. The van der Waals surface area contributed by atoms with Crippen LogP contribution in [0.4, 0.5) is 8.78 Å². The normalized spacial score (nSPS) is 9.67. The number of alkyl halides is 3. The maximum atomic E-state index is 12.0. The van der Waals surface area contributed by atoms with Crippen LogP contribution in [0.2, 0.25) is 0 Å². The standard InChI is InChI=1S/C11H9ClF2O/c1-8-4-5-10(15-11(13)14)9(7-8)3-2-6-12/h4-5,7,11H,6H2,1H3. The summed E-state index contributed by atoms with van der Waals surface area (Å²) in [6.07, 6.45) is 0. The minimum Gasteiger partial charge on any atom is -0.434 e. The maximum absolute atomic E-state index is 12.0. The second kappa shape index (κ2) is 5.57. The summed E-state index contributed by atoms with van der Waals surface area (Å²) in [4.78, 5) is 0. The largest absolute Gasteiger partial charge is 0.434 e. The lowest BCUT2D eigenvalue weighted by Crippen LogP contribution is -2.03. The number of hydrogen-bond acceptors (Lipinski definition) is 1. The molecule has 1 nitrogen and oxygen atoms in total. The number of ether oxygens (including phenoxy) is 1. The van der Waals surface area contributed by atoms with Gasteiger partial charge in [0.25, 0.3) is 0 Å². The topological polar surface area (TPSA) is 9.23 Å². The minimum absolute atomic E-state index is 0.0771. The molecule has 1 rings (SSSR count). The van der Waals surface area contributed by atoms with Gasteiger partial charge in [0, 0.05) is 0 Å². The molecule has 0 amide bonds. The molecule has 0 N–H and O–H groups in total. The highest BCUT2D eigenvalue weighted by Crippen LogP contribution is 2.20. The van der Waals surface area contributed by atoms with Crippen molar-refractivity contribution in [3.05, 3.63) is 29.3 Å². The van der Waals surface area contributed by atoms with Crippen LogP contribution in [-0.2, 0) is 0 Å². The van der Waals surface area contributed by atoms with E-state index in [0.717, 1.165) is 5.56 Å². The summed E-state index contributed by atoms with van der Waals surface area (Å²) in [5, 5.41) is 0. The number of rotatable bonds is 2. The number of aryl methyl sites for hydroxylation is 1. The molecule has 0 unspecified atom stereocenters. The van der Waals surface area contributed by atoms with Gasteiger partial charge in [-0.05, 0) is 24.6 Å². The zero-order valence-corrected chi connectivity index (χ0v) is 8.81. The molecule has 0 spiro atoms. The Labute approximate surface area is 92.0 Å². The molecular weight excluding hydrogens is 222 g/mol. The van der Waals surface area contributed by atoms with E-state index in [9.17, 15) is 8.78 Å². The summed E-state index contributed by atoms with van der Waals surface area (Å²) in [7, 11) is 0. The predicted molar refractivity (Wildman–Crippen MR) is 55.4 cm³/mol. The smallest absolute Gasteiger partial charge is 0.387 e. The summed E-state index contributed by atoms with van der Waals surface area (Å²) >= 11 is 5.39. The lowest BCUT2D eigenvalue weighted by Gasteiger charge is -2.07. The number of hydrogen-bond donors (Lipinski definition) is 0. The minimum atomic E-state index is -2.84. The van der Waals surface area contributed by atoms with Gasteiger partial charge in [0.05, 0.1) is 11.4 Å². The molecule has 80 valence electrons. The SMILES string of the molecule is Cc1ccc(OC(F)F)c(C#CCCl)c1. The summed E-state index contributed by atoms with van der Waals surface area (Å²) < 4.78 is 28.4. The Morgan fingerprint density at radius 3 is 2.80 bits per heavy atom. The van der Waals surface area contributed by atoms with Crippen molar-refractivity contribution in [2.75, 3.05) is 5.88 Å². The first-order valence-electron chi connectivity index (χ1n) is 4.24. The van der Waals surface area contributed by atoms with Crippen molar-refractivity contribution in [1.82, 2.24) is 0 Å². The molecule has 1 aromatic carbocycles. The summed E-state index contributed by atoms with van der Waals surface area (Å²) in [6, 6.07) is 4.83. The molecule has 0 atom stereocenters. The van der Waals surface area contributed by atoms with Gasteiger partial charge in [-0.1, -0.05) is 17.9 Å². The van der Waals surface area contributed by atoms with Crippen molar-refractivity contribution in [3.63, 3.8) is 0 Å². The maximum Gasteiger partial charge on any atom is 0.387 e. The van der Waals surface area contributed by atoms with Gasteiger partial charge in [0.1, 0.15) is 5.75 Å². The van der Waals surface area contributed by atoms with Crippen molar-refractivity contribution >= 4 is 11.6 Å². The molecule has 0 radical (unpaired) electrons. The first-order valence-corrected chi connectivity index (χ1v) is 4.77. The highest BCUT2D eigenvalue weighted by Gasteiger charge is 2.07. The molecule has 0 aliphatic rings. The van der Waals surface area contributed by atoms with E-state index in [1.165, 1.54) is 6.07 Å². The monoisotopic (exact) mass is 230 g/mol. The Bertz CT molecular complexity index is 393. The molecule has 0 saturated carbocycles. The molecule has 0 aliphatic carbocycles. The summed E-state index contributed by atoms with van der Waals surface area (Å²) in [5.41, 5.74) is 1.35. The van der Waals surface area contributed by atoms with Crippen LogP contribution in [0.5, 0.6) is 5.75 Å². The van der Waals surface area contributed by atoms with Crippen molar-refractivity contribution in [1.29, 1.82) is 0 Å². The summed E-state index contributed by atoms with van der Waals surface area (Å²) in [6.45, 7) is -0.998. The molecule has 0 heterocycles. The molecule has 0 fully saturated rings. The third kappa shape index (κ3) is 3.77. The van der Waals surface area contributed by atoms with E-state index >= 15 is 0 Å². The van der Waals surface area contributed by atoms with E-state index in [1.54, 1.807) is 12.1 Å². The first kappa shape index (κ1) is 11.8. The van der Waals surface area contributed by atoms with Crippen LogP contribution in [0.15, 0.2) is 18.2 Å². The average molecular weight is 231 g/mol. The second-order valence-electron chi connectivity index (χ2n) is 2.81. The molecule has 4 heteroatoms. The average Bonchev–Trinajstić information content (AvgIpc) is 2.18. The van der Waals surface area contributed by atoms with Crippen LogP contribution in [-0.4, -0.2) is 12.5 Å². The van der Waals surface area contributed by atoms with Crippen LogP contribution in [0, 0.1) is 18.8 Å². The van der Waals surface area contributed by atoms with Crippen molar-refractivity contribution in [3.8, 4) is 17.6 Å². The van der Waals surface area contributed by atoms with Gasteiger partial charge < -0.3 is 4.74 Å². The predicted octanol–water partition coefficient (Wildman–Crippen LogP) is 3.19. The van der Waals surface area contributed by atoms with Crippen molar-refractivity contribution in [2.24, 2.45) is 0 Å². The fourth-order valence-corrected chi connectivity index (χ4v) is 1.14. The molecule has 0 bridgehead atoms. The molecule has 15 heavy (non-hydrogen) atoms. The van der Waals surface area contributed by atoms with E-state index in [4.69, 9.17) is 11.6 Å². The fourth-order valence-electron chi connectivity index (χ4n) is 1.07. The van der Waals surface area contributed by atoms with Gasteiger partial charge in [-0.2, -0.15) is 8.78 Å². The van der Waals surface area contributed by atoms with Gasteiger partial charge in [-0.3, -0.25) is 0 Å². The third-order valence-electron chi connectivity index (χ3n) is 1.64. The molecular formula is C11H9ClF2O. The Kier molecular flexibility index (Phi) is 4.38. The van der Waals surface area contributed by atoms with E-state index < -0.39 is 6.61 Å². The van der Waals surface area contributed by atoms with Gasteiger partial charge in [0.2, 0.25) is 0 Å². The van der Waals surface area contributed by atoms with Gasteiger partial charge in [0.15, 0.2) is 0 Å². The zero-order valence-electron chi connectivity index (χ0n) is 8.06. The highest BCUT2D eigenvalue weighted by atomic mass is 35.5. The van der Waals surface area contributed by atoms with Crippen LogP contribution in [0.3, 0.4) is 0 Å². The lowest BCUT2D eigenvalue weighted by atomic mass is 10.1. The number of halogens is 3. The lowest BCUT2D eigenvalue weighted by molar-refractivity contribution is -0.0500. The Hall–Kier alpha value is -1.27. The van der Waals surface area contributed by atoms with Crippen LogP contribution in [0.1, 0.15) is 11.1 Å². The van der Waals surface area contributed by atoms with E-state index in [1.807, 2.05) is 6.92 Å². The first-order chi connectivity index (χ1) is 7.13. The Balaban J connectivity index is 3.03. The van der Waals surface area contributed by atoms with E-state index in [-0.39, 0.29) is 11.6 Å². The van der Waals surface area contributed by atoms with Gasteiger partial charge in [-0.15, -0.1) is 11.6 Å². The van der Waals surface area contributed by atoms with Gasteiger partial charge in [-0.25, -0.2) is 0 Å². The summed E-state index contributed by atoms with van der Waals surface area (Å²) in [5.74, 6) is 5.50. The van der Waals surface area contributed by atoms with Crippen LogP contribution < -0.4 is 4.74 Å². The van der Waals surface area contributed by atoms with E-state index in [0.29, 0.717) is 5.56 Å². The van der Waals surface area contributed by atoms with Gasteiger partial charge >= 0.3 is 6.61 Å². The Morgan fingerprint density at radius 2 is 2.20 bits per heavy atom. The quantitative estimate of drug-likeness (QED) is 0.560. The van der Waals surface area contributed by atoms with Crippen LogP contribution >= 0.6 is 11.6 Å². The highest BCUT2D eigenvalue weighted by molar-refractivity contribution is 6.19. The molecule has 1 aromatic rings. The number of benzene rings is 1. The molecule has 0 saturated heterocycles. The third-order valence-corrected chi connectivity index (χ3v) is 1.77. The fraction of sp³-hybridized carbons (Fsp3) is 0.273.